The molecule has 0 unspecified atom stereocenters. The molecule has 0 saturated heterocycles. The molecule has 1 atom stereocenters. The molecule has 0 spiro atoms. The van der Waals surface area contributed by atoms with Crippen molar-refractivity contribution in [3.8, 4) is 0 Å². The molecule has 6 nitrogen and oxygen atoms in total. The van der Waals surface area contributed by atoms with Crippen LogP contribution in [-0.2, 0) is 4.79 Å². The molecule has 2 aromatic rings. The summed E-state index contributed by atoms with van der Waals surface area (Å²) in [6.45, 7) is 1.54. The van der Waals surface area contributed by atoms with Gasteiger partial charge in [-0.25, -0.2) is 4.79 Å². The van der Waals surface area contributed by atoms with E-state index in [1.807, 2.05) is 24.3 Å². The molecule has 0 aliphatic rings. The fourth-order valence-corrected chi connectivity index (χ4v) is 1.20. The lowest BCUT2D eigenvalue weighted by molar-refractivity contribution is -0.137. The van der Waals surface area contributed by atoms with Crippen LogP contribution in [0.25, 0.3) is 11.0 Å². The van der Waals surface area contributed by atoms with E-state index in [-0.39, 0.29) is 0 Å². The summed E-state index contributed by atoms with van der Waals surface area (Å²) in [4.78, 5) is 12.0. The average molecular weight is 206 g/mol. The van der Waals surface area contributed by atoms with Crippen LogP contribution < -0.4 is 5.43 Å². The van der Waals surface area contributed by atoms with Gasteiger partial charge in [-0.15, -0.1) is 5.10 Å². The third kappa shape index (κ3) is 1.74. The standard InChI is InChI=1S/C9H10N4O2/c1-6(9(14)15)11-13-8-5-3-2-4-7(8)10-12-13/h2-6,11H,1H3,(H,14,15)/t6-/m0/s1. The van der Waals surface area contributed by atoms with E-state index >= 15 is 0 Å². The van der Waals surface area contributed by atoms with E-state index in [1.54, 1.807) is 6.92 Å². The molecule has 78 valence electrons. The molecule has 0 amide bonds. The Bertz CT molecular complexity index is 494. The van der Waals surface area contributed by atoms with E-state index in [4.69, 9.17) is 5.11 Å². The van der Waals surface area contributed by atoms with Gasteiger partial charge in [0, 0.05) is 0 Å². The Labute approximate surface area is 85.5 Å². The Morgan fingerprint density at radius 2 is 2.27 bits per heavy atom. The highest BCUT2D eigenvalue weighted by molar-refractivity contribution is 5.76. The Balaban J connectivity index is 2.32. The monoisotopic (exact) mass is 206 g/mol. The fraction of sp³-hybridized carbons (Fsp3) is 0.222. The first kappa shape index (κ1) is 9.45. The van der Waals surface area contributed by atoms with Crippen molar-refractivity contribution in [3.63, 3.8) is 0 Å². The van der Waals surface area contributed by atoms with Crippen LogP contribution in [0.2, 0.25) is 0 Å². The molecule has 0 bridgehead atoms. The molecule has 1 aromatic carbocycles. The summed E-state index contributed by atoms with van der Waals surface area (Å²) in [6, 6.07) is 6.61. The fourth-order valence-electron chi connectivity index (χ4n) is 1.20. The maximum atomic E-state index is 10.6. The van der Waals surface area contributed by atoms with Crippen LogP contribution in [0.4, 0.5) is 0 Å². The van der Waals surface area contributed by atoms with Gasteiger partial charge in [0.25, 0.3) is 0 Å². The molecule has 6 heteroatoms. The van der Waals surface area contributed by atoms with E-state index in [2.05, 4.69) is 15.7 Å². The molecule has 2 N–H and O–H groups in total. The number of nitrogens with one attached hydrogen (secondary N) is 1. The van der Waals surface area contributed by atoms with E-state index in [0.29, 0.717) is 0 Å². The Hall–Kier alpha value is -2.11. The number of aromatic nitrogens is 3. The van der Waals surface area contributed by atoms with Crippen molar-refractivity contribution in [2.45, 2.75) is 13.0 Å². The first-order chi connectivity index (χ1) is 7.18. The highest BCUT2D eigenvalue weighted by Gasteiger charge is 2.12. The number of hydrogen-bond acceptors (Lipinski definition) is 4. The van der Waals surface area contributed by atoms with Crippen LogP contribution >= 0.6 is 0 Å². The van der Waals surface area contributed by atoms with E-state index in [0.717, 1.165) is 11.0 Å². The second kappa shape index (κ2) is 3.56. The van der Waals surface area contributed by atoms with Gasteiger partial charge in [0.1, 0.15) is 17.1 Å². The van der Waals surface area contributed by atoms with Crippen LogP contribution in [0.3, 0.4) is 0 Å². The number of fused-ring (bicyclic) bond motifs is 1. The van der Waals surface area contributed by atoms with Crippen LogP contribution in [0.1, 0.15) is 6.92 Å². The molecule has 15 heavy (non-hydrogen) atoms. The van der Waals surface area contributed by atoms with Crippen molar-refractivity contribution in [3.05, 3.63) is 24.3 Å². The third-order valence-electron chi connectivity index (χ3n) is 2.04. The summed E-state index contributed by atoms with van der Waals surface area (Å²) in [5.41, 5.74) is 4.19. The topological polar surface area (TPSA) is 80.0 Å². The van der Waals surface area contributed by atoms with E-state index in [1.165, 1.54) is 4.79 Å². The number of rotatable bonds is 3. The lowest BCUT2D eigenvalue weighted by atomic mass is 10.3. The van der Waals surface area contributed by atoms with E-state index < -0.39 is 12.0 Å². The molecule has 0 aliphatic heterocycles. The molecule has 1 aromatic heterocycles. The van der Waals surface area contributed by atoms with Crippen molar-refractivity contribution >= 4 is 17.0 Å². The van der Waals surface area contributed by atoms with Crippen LogP contribution in [-0.4, -0.2) is 32.2 Å². The van der Waals surface area contributed by atoms with E-state index in [9.17, 15) is 4.79 Å². The van der Waals surface area contributed by atoms with Gasteiger partial charge in [-0.3, -0.25) is 5.43 Å². The summed E-state index contributed by atoms with van der Waals surface area (Å²) in [5, 5.41) is 16.4. The zero-order chi connectivity index (χ0) is 10.8. The number of carboxylic acid groups (broad SMARTS) is 1. The first-order valence-corrected chi connectivity index (χ1v) is 4.48. The smallest absolute Gasteiger partial charge is 0.327 e. The van der Waals surface area contributed by atoms with Gasteiger partial charge in [0.15, 0.2) is 0 Å². The summed E-state index contributed by atoms with van der Waals surface area (Å²) < 4.78 is 0. The Morgan fingerprint density at radius 3 is 3.00 bits per heavy atom. The maximum absolute atomic E-state index is 10.6. The minimum absolute atomic E-state index is 0.713. The van der Waals surface area contributed by atoms with Crippen LogP contribution in [0, 0.1) is 0 Å². The zero-order valence-electron chi connectivity index (χ0n) is 8.08. The number of benzene rings is 1. The summed E-state index contributed by atoms with van der Waals surface area (Å²) >= 11 is 0. The number of carboxylic acids is 1. The molecule has 2 rings (SSSR count). The largest absolute Gasteiger partial charge is 0.480 e. The maximum Gasteiger partial charge on any atom is 0.327 e. The second-order valence-corrected chi connectivity index (χ2v) is 3.18. The minimum Gasteiger partial charge on any atom is -0.480 e. The number of para-hydroxylation sites is 1. The normalized spacial score (nSPS) is 12.6. The molecular formula is C9H10N4O2. The molecule has 0 saturated carbocycles. The highest BCUT2D eigenvalue weighted by atomic mass is 16.4. The Kier molecular flexibility index (Phi) is 2.24. The molecule has 0 aliphatic carbocycles. The number of aliphatic carboxylic acids is 1. The van der Waals surface area contributed by atoms with Crippen molar-refractivity contribution < 1.29 is 9.90 Å². The number of hydrogen-bond donors (Lipinski definition) is 2. The molecule has 0 fully saturated rings. The van der Waals surface area contributed by atoms with Gasteiger partial charge < -0.3 is 5.11 Å². The van der Waals surface area contributed by atoms with Gasteiger partial charge in [0.2, 0.25) is 0 Å². The molecule has 0 radical (unpaired) electrons. The SMILES string of the molecule is C[C@H](Nn1nnc2ccccc21)C(=O)O. The number of nitrogens with zero attached hydrogens (tertiary/aromatic N) is 3. The Morgan fingerprint density at radius 1 is 1.53 bits per heavy atom. The van der Waals surface area contributed by atoms with Gasteiger partial charge in [-0.1, -0.05) is 12.1 Å². The van der Waals surface area contributed by atoms with Crippen LogP contribution in [0.15, 0.2) is 24.3 Å². The molecule has 1 heterocycles. The average Bonchev–Trinajstić information content (AvgIpc) is 2.62. The predicted molar refractivity (Wildman–Crippen MR) is 54.0 cm³/mol. The second-order valence-electron chi connectivity index (χ2n) is 3.18. The predicted octanol–water partition coefficient (Wildman–Crippen LogP) is 0.448. The zero-order valence-corrected chi connectivity index (χ0v) is 8.08. The summed E-state index contributed by atoms with van der Waals surface area (Å²) in [7, 11) is 0. The van der Waals surface area contributed by atoms with Crippen molar-refractivity contribution in [2.75, 3.05) is 5.43 Å². The van der Waals surface area contributed by atoms with Crippen LogP contribution in [0.5, 0.6) is 0 Å². The first-order valence-electron chi connectivity index (χ1n) is 4.48. The van der Waals surface area contributed by atoms with Crippen molar-refractivity contribution in [1.29, 1.82) is 0 Å². The van der Waals surface area contributed by atoms with Gasteiger partial charge in [-0.05, 0) is 24.3 Å². The van der Waals surface area contributed by atoms with Gasteiger partial charge in [-0.2, -0.15) is 4.79 Å². The summed E-state index contributed by atoms with van der Waals surface area (Å²) in [5.74, 6) is -0.936. The highest BCUT2D eigenvalue weighted by Crippen LogP contribution is 2.08. The van der Waals surface area contributed by atoms with Gasteiger partial charge >= 0.3 is 5.97 Å². The molecular weight excluding hydrogens is 196 g/mol. The quantitative estimate of drug-likeness (QED) is 0.762. The number of carbonyl (C=O) groups is 1. The lowest BCUT2D eigenvalue weighted by Gasteiger charge is -2.09. The van der Waals surface area contributed by atoms with Crippen molar-refractivity contribution in [1.82, 2.24) is 15.1 Å². The van der Waals surface area contributed by atoms with Gasteiger partial charge in [0.05, 0.1) is 0 Å². The lowest BCUT2D eigenvalue weighted by Crippen LogP contribution is -2.32. The third-order valence-corrected chi connectivity index (χ3v) is 2.04. The minimum atomic E-state index is -0.936. The van der Waals surface area contributed by atoms with Crippen molar-refractivity contribution in [2.24, 2.45) is 0 Å². The summed E-state index contributed by atoms with van der Waals surface area (Å²) in [6.07, 6.45) is 0.